The fourth-order valence-corrected chi connectivity index (χ4v) is 5.80. The van der Waals surface area contributed by atoms with E-state index in [1.165, 1.54) is 11.0 Å². The molecule has 3 N–H and O–H groups in total. The second-order valence-electron chi connectivity index (χ2n) is 9.61. The first-order chi connectivity index (χ1) is 15.5. The van der Waals surface area contributed by atoms with Crippen LogP contribution in [0, 0.1) is 18.8 Å². The summed E-state index contributed by atoms with van der Waals surface area (Å²) in [6.45, 7) is 7.01. The van der Waals surface area contributed by atoms with Gasteiger partial charge in [0.2, 0.25) is 11.8 Å². The predicted molar refractivity (Wildman–Crippen MR) is 119 cm³/mol. The molecule has 3 aliphatic rings. The number of nitrogens with one attached hydrogen (secondary N) is 2. The van der Waals surface area contributed by atoms with E-state index < -0.39 is 41.1 Å². The van der Waals surface area contributed by atoms with Crippen molar-refractivity contribution < 1.29 is 24.2 Å². The molecule has 174 valence electrons. The molecule has 3 saturated heterocycles. The number of hydrogen-bond donors (Lipinski definition) is 3. The van der Waals surface area contributed by atoms with E-state index >= 15 is 0 Å². The fraction of sp³-hybridized carbons (Fsp3) is 0.478. The summed E-state index contributed by atoms with van der Waals surface area (Å²) >= 11 is 6.25. The number of rotatable bonds is 4. The number of anilines is 1. The molecule has 2 bridgehead atoms. The molecular weight excluding hydrogens is 448 g/mol. The summed E-state index contributed by atoms with van der Waals surface area (Å²) < 4.78 is 6.30. The molecule has 5 rings (SSSR count). The second kappa shape index (κ2) is 7.12. The first-order valence-corrected chi connectivity index (χ1v) is 11.2. The van der Waals surface area contributed by atoms with Gasteiger partial charge in [-0.3, -0.25) is 19.5 Å². The number of nitrogens with zero attached hydrogens (tertiary/aromatic N) is 2. The minimum Gasteiger partial charge on any atom is -0.387 e. The van der Waals surface area contributed by atoms with Crippen LogP contribution >= 0.6 is 11.6 Å². The van der Waals surface area contributed by atoms with E-state index in [4.69, 9.17) is 16.3 Å². The first kappa shape index (κ1) is 22.1. The number of aliphatic hydroxyl groups is 1. The molecule has 10 heteroatoms. The van der Waals surface area contributed by atoms with Crippen molar-refractivity contribution in [2.45, 2.75) is 57.5 Å². The van der Waals surface area contributed by atoms with Gasteiger partial charge in [-0.05, 0) is 51.5 Å². The summed E-state index contributed by atoms with van der Waals surface area (Å²) in [5, 5.41) is 19.7. The Hall–Kier alpha value is -2.75. The zero-order chi connectivity index (χ0) is 23.9. The molecule has 0 radical (unpaired) electrons. The first-order valence-electron chi connectivity index (χ1n) is 10.8. The normalized spacial score (nSPS) is 33.5. The van der Waals surface area contributed by atoms with Crippen molar-refractivity contribution in [2.75, 3.05) is 4.90 Å². The zero-order valence-electron chi connectivity index (χ0n) is 18.7. The van der Waals surface area contributed by atoms with Crippen LogP contribution in [0.5, 0.6) is 0 Å². The SMILES string of the molecule is Cc1ccc(N2C(=O)[C@@H]3[C@H](C2=O)[C@@]2(C)C[C@@H](NC(=O)c4cc(C(C)O)[nH]n4)[C@]3(C)O2)cc1Cl. The van der Waals surface area contributed by atoms with E-state index in [0.717, 1.165) is 5.56 Å². The number of H-pyrrole nitrogens is 1. The number of halogens is 1. The van der Waals surface area contributed by atoms with Gasteiger partial charge in [-0.25, -0.2) is 4.90 Å². The highest BCUT2D eigenvalue weighted by Gasteiger charge is 2.76. The number of amides is 3. The zero-order valence-corrected chi connectivity index (χ0v) is 19.4. The molecule has 1 aromatic heterocycles. The van der Waals surface area contributed by atoms with E-state index in [0.29, 0.717) is 22.8 Å². The number of benzene rings is 1. The van der Waals surface area contributed by atoms with Crippen LogP contribution in [0.4, 0.5) is 5.69 Å². The minimum atomic E-state index is -1.06. The van der Waals surface area contributed by atoms with Crippen LogP contribution in [-0.4, -0.2) is 50.3 Å². The van der Waals surface area contributed by atoms with Crippen molar-refractivity contribution in [3.05, 3.63) is 46.2 Å². The summed E-state index contributed by atoms with van der Waals surface area (Å²) in [5.41, 5.74) is -0.125. The molecule has 1 aromatic carbocycles. The topological polar surface area (TPSA) is 125 Å². The quantitative estimate of drug-likeness (QED) is 0.586. The van der Waals surface area contributed by atoms with Crippen molar-refractivity contribution in [2.24, 2.45) is 11.8 Å². The molecule has 1 unspecified atom stereocenters. The third-order valence-corrected chi connectivity index (χ3v) is 7.74. The summed E-state index contributed by atoms with van der Waals surface area (Å²) in [5.74, 6) is -2.49. The summed E-state index contributed by atoms with van der Waals surface area (Å²) in [7, 11) is 0. The van der Waals surface area contributed by atoms with Gasteiger partial charge < -0.3 is 15.2 Å². The highest BCUT2D eigenvalue weighted by Crippen LogP contribution is 2.61. The lowest BCUT2D eigenvalue weighted by atomic mass is 9.66. The Labute approximate surface area is 195 Å². The van der Waals surface area contributed by atoms with Gasteiger partial charge in [-0.15, -0.1) is 0 Å². The third kappa shape index (κ3) is 3.06. The number of imide groups is 1. The number of aliphatic hydroxyl groups excluding tert-OH is 1. The lowest BCUT2D eigenvalue weighted by molar-refractivity contribution is -0.129. The number of carbonyl (C=O) groups is 3. The minimum absolute atomic E-state index is 0.128. The maximum atomic E-state index is 13.5. The van der Waals surface area contributed by atoms with Crippen LogP contribution in [-0.2, 0) is 14.3 Å². The van der Waals surface area contributed by atoms with Crippen molar-refractivity contribution >= 4 is 35.0 Å². The van der Waals surface area contributed by atoms with Crippen LogP contribution in [0.3, 0.4) is 0 Å². The standard InChI is InChI=1S/C23H25ClN4O5/c1-10-5-6-12(7-13(10)24)28-20(31)17-18(21(28)32)23(4)16(9-22(17,3)33-23)25-19(30)15-8-14(11(2)29)26-27-15/h5-8,11,16-18,29H,9H2,1-4H3,(H,25,30)(H,26,27)/t11?,16-,17-,18+,22-,23+/m1/s1. The molecule has 6 atom stereocenters. The molecular formula is C23H25ClN4O5. The number of aryl methyl sites for hydroxylation is 1. The average Bonchev–Trinajstić information content (AvgIpc) is 3.44. The van der Waals surface area contributed by atoms with Crippen molar-refractivity contribution in [3.63, 3.8) is 0 Å². The Kier molecular flexibility index (Phi) is 4.76. The lowest BCUT2D eigenvalue weighted by Crippen LogP contribution is -2.56. The molecule has 9 nitrogen and oxygen atoms in total. The Bertz CT molecular complexity index is 1200. The number of hydrogen-bond acceptors (Lipinski definition) is 6. The van der Waals surface area contributed by atoms with Gasteiger partial charge in [0.15, 0.2) is 0 Å². The monoisotopic (exact) mass is 472 g/mol. The molecule has 4 heterocycles. The van der Waals surface area contributed by atoms with Gasteiger partial charge in [0, 0.05) is 11.4 Å². The van der Waals surface area contributed by atoms with Crippen molar-refractivity contribution in [3.8, 4) is 0 Å². The van der Waals surface area contributed by atoms with E-state index in [9.17, 15) is 19.5 Å². The Balaban J connectivity index is 1.44. The van der Waals surface area contributed by atoms with E-state index in [1.54, 1.807) is 32.0 Å². The van der Waals surface area contributed by atoms with Gasteiger partial charge in [-0.1, -0.05) is 17.7 Å². The van der Waals surface area contributed by atoms with Crippen LogP contribution < -0.4 is 10.2 Å². The van der Waals surface area contributed by atoms with Crippen LogP contribution in [0.1, 0.15) is 55.0 Å². The van der Waals surface area contributed by atoms with E-state index in [-0.39, 0.29) is 17.5 Å². The molecule has 0 saturated carbocycles. The second-order valence-corrected chi connectivity index (χ2v) is 10.0. The predicted octanol–water partition coefficient (Wildman–Crippen LogP) is 2.28. The molecule has 0 aliphatic carbocycles. The third-order valence-electron chi connectivity index (χ3n) is 7.34. The Morgan fingerprint density at radius 2 is 2.00 bits per heavy atom. The molecule has 0 spiro atoms. The molecule has 33 heavy (non-hydrogen) atoms. The number of aromatic nitrogens is 2. The highest BCUT2D eigenvalue weighted by atomic mass is 35.5. The van der Waals surface area contributed by atoms with E-state index in [1.807, 2.05) is 13.8 Å². The number of carbonyl (C=O) groups excluding carboxylic acids is 3. The maximum Gasteiger partial charge on any atom is 0.272 e. The van der Waals surface area contributed by atoms with Gasteiger partial charge in [0.1, 0.15) is 5.69 Å². The lowest BCUT2D eigenvalue weighted by Gasteiger charge is -2.35. The van der Waals surface area contributed by atoms with Crippen LogP contribution in [0.2, 0.25) is 5.02 Å². The smallest absolute Gasteiger partial charge is 0.272 e. The fourth-order valence-electron chi connectivity index (χ4n) is 5.62. The molecule has 3 amide bonds. The van der Waals surface area contributed by atoms with Gasteiger partial charge in [0.05, 0.1) is 46.6 Å². The number of aromatic amines is 1. The van der Waals surface area contributed by atoms with Crippen molar-refractivity contribution in [1.29, 1.82) is 0 Å². The molecule has 3 aliphatic heterocycles. The summed E-state index contributed by atoms with van der Waals surface area (Å²) in [6, 6.07) is 6.09. The number of fused-ring (bicyclic) bond motifs is 5. The van der Waals surface area contributed by atoms with Crippen molar-refractivity contribution in [1.82, 2.24) is 15.5 Å². The summed E-state index contributed by atoms with van der Waals surface area (Å²) in [6.07, 6.45) is -0.406. The Morgan fingerprint density at radius 1 is 1.30 bits per heavy atom. The highest BCUT2D eigenvalue weighted by molar-refractivity contribution is 6.32. The van der Waals surface area contributed by atoms with E-state index in [2.05, 4.69) is 15.5 Å². The van der Waals surface area contributed by atoms with Gasteiger partial charge >= 0.3 is 0 Å². The van der Waals surface area contributed by atoms with Gasteiger partial charge in [-0.2, -0.15) is 5.10 Å². The molecule has 2 aromatic rings. The Morgan fingerprint density at radius 3 is 2.64 bits per heavy atom. The largest absolute Gasteiger partial charge is 0.387 e. The van der Waals surface area contributed by atoms with Gasteiger partial charge in [0.25, 0.3) is 5.91 Å². The van der Waals surface area contributed by atoms with Crippen LogP contribution in [0.25, 0.3) is 0 Å². The molecule has 3 fully saturated rings. The maximum absolute atomic E-state index is 13.5. The summed E-state index contributed by atoms with van der Waals surface area (Å²) in [4.78, 5) is 41.0. The van der Waals surface area contributed by atoms with Crippen LogP contribution in [0.15, 0.2) is 24.3 Å². The average molecular weight is 473 g/mol. The number of ether oxygens (including phenoxy) is 1.